The second-order valence-electron chi connectivity index (χ2n) is 10.2. The second-order valence-corrected chi connectivity index (χ2v) is 10.2. The van der Waals surface area contributed by atoms with Crippen molar-refractivity contribution in [2.75, 3.05) is 12.4 Å². The molecule has 0 aliphatic heterocycles. The standard InChI is InChI=1S/C29H29N7O6/c1-17(2)22(23(38)25-34-35-27(42-25)29(12-13-29)20-11-7-8-14-30-20)33-21(37)16-36-24(18-9-5-4-6-10-18)31-15-19(26(36)39)32-28(40)41-3/h4-11,14-15,17,22H,12-13,16H2,1-3H3,(H,32,40)(H,33,37)/t22-/m0/s1. The normalized spacial score (nSPS) is 14.2. The Kier molecular flexibility index (Phi) is 7.91. The van der Waals surface area contributed by atoms with Crippen LogP contribution in [0.1, 0.15) is 49.0 Å². The molecule has 0 bridgehead atoms. The minimum atomic E-state index is -1.02. The summed E-state index contributed by atoms with van der Waals surface area (Å²) in [6.07, 6.45) is 3.55. The van der Waals surface area contributed by atoms with Crippen LogP contribution in [0.4, 0.5) is 10.5 Å². The molecule has 3 aromatic heterocycles. The van der Waals surface area contributed by atoms with Crippen molar-refractivity contribution in [1.29, 1.82) is 0 Å². The van der Waals surface area contributed by atoms with Gasteiger partial charge in [-0.3, -0.25) is 29.3 Å². The largest absolute Gasteiger partial charge is 0.453 e. The summed E-state index contributed by atoms with van der Waals surface area (Å²) in [6.45, 7) is 3.04. The van der Waals surface area contributed by atoms with Crippen LogP contribution in [0.2, 0.25) is 0 Å². The van der Waals surface area contributed by atoms with Crippen LogP contribution in [0.25, 0.3) is 11.4 Å². The number of carbonyl (C=O) groups excluding carboxylic acids is 3. The highest BCUT2D eigenvalue weighted by molar-refractivity contribution is 5.98. The van der Waals surface area contributed by atoms with E-state index in [2.05, 4.69) is 35.5 Å². The van der Waals surface area contributed by atoms with Crippen molar-refractivity contribution < 1.29 is 23.5 Å². The quantitative estimate of drug-likeness (QED) is 0.270. The molecule has 13 heteroatoms. The summed E-state index contributed by atoms with van der Waals surface area (Å²) in [7, 11) is 1.16. The van der Waals surface area contributed by atoms with Gasteiger partial charge in [0, 0.05) is 11.8 Å². The number of hydrogen-bond donors (Lipinski definition) is 2. The molecule has 2 amide bonds. The molecule has 1 saturated carbocycles. The number of ketones is 1. The molecule has 3 heterocycles. The van der Waals surface area contributed by atoms with Crippen LogP contribution in [-0.4, -0.2) is 55.7 Å². The van der Waals surface area contributed by atoms with E-state index in [1.165, 1.54) is 6.20 Å². The van der Waals surface area contributed by atoms with E-state index in [-0.39, 0.29) is 23.3 Å². The highest BCUT2D eigenvalue weighted by atomic mass is 16.5. The molecule has 1 fully saturated rings. The number of amides is 2. The van der Waals surface area contributed by atoms with Gasteiger partial charge in [0.1, 0.15) is 18.1 Å². The van der Waals surface area contributed by atoms with Crippen molar-refractivity contribution in [3.8, 4) is 11.4 Å². The van der Waals surface area contributed by atoms with Crippen LogP contribution in [0.15, 0.2) is 70.1 Å². The van der Waals surface area contributed by atoms with Gasteiger partial charge in [0.05, 0.1) is 30.5 Å². The van der Waals surface area contributed by atoms with Crippen molar-refractivity contribution in [3.63, 3.8) is 0 Å². The second kappa shape index (κ2) is 11.7. The molecule has 1 atom stereocenters. The van der Waals surface area contributed by atoms with Crippen molar-refractivity contribution in [2.45, 2.75) is 44.7 Å². The van der Waals surface area contributed by atoms with Crippen LogP contribution in [0, 0.1) is 5.92 Å². The predicted molar refractivity (Wildman–Crippen MR) is 150 cm³/mol. The Morgan fingerprint density at radius 2 is 1.79 bits per heavy atom. The number of benzene rings is 1. The number of carbonyl (C=O) groups is 3. The molecule has 216 valence electrons. The van der Waals surface area contributed by atoms with Gasteiger partial charge < -0.3 is 14.5 Å². The third kappa shape index (κ3) is 5.66. The third-order valence-electron chi connectivity index (χ3n) is 7.02. The summed E-state index contributed by atoms with van der Waals surface area (Å²) in [5.74, 6) is -1.26. The number of methoxy groups -OCH3 is 1. The van der Waals surface area contributed by atoms with Gasteiger partial charge in [0.2, 0.25) is 17.6 Å². The lowest BCUT2D eigenvalue weighted by Gasteiger charge is -2.21. The number of aromatic nitrogens is 5. The Hall–Kier alpha value is -5.20. The Morgan fingerprint density at radius 3 is 2.43 bits per heavy atom. The minimum Gasteiger partial charge on any atom is -0.453 e. The maximum Gasteiger partial charge on any atom is 0.411 e. The highest BCUT2D eigenvalue weighted by Crippen LogP contribution is 2.52. The molecule has 0 radical (unpaired) electrons. The van der Waals surface area contributed by atoms with Gasteiger partial charge in [0.15, 0.2) is 0 Å². The summed E-state index contributed by atoms with van der Waals surface area (Å²) < 4.78 is 11.5. The summed E-state index contributed by atoms with van der Waals surface area (Å²) in [6, 6.07) is 13.3. The summed E-state index contributed by atoms with van der Waals surface area (Å²) >= 11 is 0. The molecule has 13 nitrogen and oxygen atoms in total. The number of nitrogens with zero attached hydrogens (tertiary/aromatic N) is 5. The van der Waals surface area contributed by atoms with Gasteiger partial charge in [-0.15, -0.1) is 10.2 Å². The van der Waals surface area contributed by atoms with E-state index in [0.717, 1.165) is 30.2 Å². The molecule has 1 aliphatic rings. The van der Waals surface area contributed by atoms with E-state index in [0.29, 0.717) is 11.5 Å². The lowest BCUT2D eigenvalue weighted by Crippen LogP contribution is -2.46. The van der Waals surface area contributed by atoms with E-state index in [4.69, 9.17) is 4.42 Å². The molecule has 1 aromatic carbocycles. The molecule has 0 saturated heterocycles. The zero-order chi connectivity index (χ0) is 29.9. The van der Waals surface area contributed by atoms with Crippen molar-refractivity contribution in [2.24, 2.45) is 5.92 Å². The van der Waals surface area contributed by atoms with Crippen LogP contribution in [-0.2, 0) is 21.5 Å². The topological polar surface area (TPSA) is 171 Å². The van der Waals surface area contributed by atoms with E-state index in [9.17, 15) is 19.2 Å². The van der Waals surface area contributed by atoms with Crippen LogP contribution in [0.5, 0.6) is 0 Å². The summed E-state index contributed by atoms with van der Waals surface area (Å²) in [5.41, 5.74) is -0.00895. The van der Waals surface area contributed by atoms with Gasteiger partial charge in [-0.2, -0.15) is 0 Å². The summed E-state index contributed by atoms with van der Waals surface area (Å²) in [5, 5.41) is 13.2. The average molecular weight is 572 g/mol. The first-order valence-corrected chi connectivity index (χ1v) is 13.3. The zero-order valence-corrected chi connectivity index (χ0v) is 23.2. The zero-order valence-electron chi connectivity index (χ0n) is 23.2. The van der Waals surface area contributed by atoms with Gasteiger partial charge >= 0.3 is 6.09 Å². The molecule has 2 N–H and O–H groups in total. The molecule has 5 rings (SSSR count). The number of nitrogens with one attached hydrogen (secondary N) is 2. The maximum atomic E-state index is 13.5. The summed E-state index contributed by atoms with van der Waals surface area (Å²) in [4.78, 5) is 60.6. The molecule has 0 spiro atoms. The van der Waals surface area contributed by atoms with Gasteiger partial charge in [-0.1, -0.05) is 50.2 Å². The fourth-order valence-electron chi connectivity index (χ4n) is 4.60. The fourth-order valence-corrected chi connectivity index (χ4v) is 4.60. The SMILES string of the molecule is COC(=O)Nc1cnc(-c2ccccc2)n(CC(=O)N[C@H](C(=O)c2nnc(C3(c4ccccn4)CC3)o2)C(C)C)c1=O. The van der Waals surface area contributed by atoms with Gasteiger partial charge in [-0.25, -0.2) is 9.78 Å². The number of Topliss-reactive ketones (excluding diaryl/α,β-unsaturated/α-hetero) is 1. The maximum absolute atomic E-state index is 13.5. The smallest absolute Gasteiger partial charge is 0.411 e. The van der Waals surface area contributed by atoms with E-state index >= 15 is 0 Å². The predicted octanol–water partition coefficient (Wildman–Crippen LogP) is 2.97. The highest BCUT2D eigenvalue weighted by Gasteiger charge is 2.52. The van der Waals surface area contributed by atoms with Crippen LogP contribution >= 0.6 is 0 Å². The molecule has 4 aromatic rings. The van der Waals surface area contributed by atoms with Gasteiger partial charge in [-0.05, 0) is 30.9 Å². The number of hydrogen-bond acceptors (Lipinski definition) is 10. The van der Waals surface area contributed by atoms with E-state index in [1.54, 1.807) is 50.4 Å². The van der Waals surface area contributed by atoms with Crippen LogP contribution < -0.4 is 16.2 Å². The third-order valence-corrected chi connectivity index (χ3v) is 7.02. The molecule has 42 heavy (non-hydrogen) atoms. The van der Waals surface area contributed by atoms with E-state index < -0.39 is 41.3 Å². The fraction of sp³-hybridized carbons (Fsp3) is 0.310. The number of rotatable bonds is 10. The molecular weight excluding hydrogens is 542 g/mol. The Balaban J connectivity index is 1.38. The lowest BCUT2D eigenvalue weighted by molar-refractivity contribution is -0.122. The minimum absolute atomic E-state index is 0.175. The van der Waals surface area contributed by atoms with Crippen LogP contribution in [0.3, 0.4) is 0 Å². The van der Waals surface area contributed by atoms with E-state index in [1.807, 2.05) is 18.2 Å². The van der Waals surface area contributed by atoms with Crippen molar-refractivity contribution >= 4 is 23.5 Å². The average Bonchev–Trinajstić information content (AvgIpc) is 3.66. The Labute approximate surface area is 240 Å². The molecular formula is C29H29N7O6. The number of anilines is 1. The first-order valence-electron chi connectivity index (χ1n) is 13.3. The lowest BCUT2D eigenvalue weighted by atomic mass is 9.99. The first kappa shape index (κ1) is 28.3. The first-order chi connectivity index (χ1) is 20.2. The molecule has 0 unspecified atom stereocenters. The monoisotopic (exact) mass is 571 g/mol. The van der Waals surface area contributed by atoms with Crippen molar-refractivity contribution in [3.05, 3.63) is 88.8 Å². The van der Waals surface area contributed by atoms with Gasteiger partial charge in [0.25, 0.3) is 11.4 Å². The Bertz CT molecular complexity index is 1660. The Morgan fingerprint density at radius 1 is 1.05 bits per heavy atom. The van der Waals surface area contributed by atoms with Crippen molar-refractivity contribution in [1.82, 2.24) is 30.0 Å². The number of ether oxygens (including phenoxy) is 1. The molecule has 1 aliphatic carbocycles. The number of pyridine rings is 1.